The molecule has 0 aliphatic heterocycles. The van der Waals surface area contributed by atoms with Crippen LogP contribution in [0.3, 0.4) is 0 Å². The van der Waals surface area contributed by atoms with Gasteiger partial charge in [-0.3, -0.25) is 9.89 Å². The summed E-state index contributed by atoms with van der Waals surface area (Å²) in [5.41, 5.74) is 1.87. The van der Waals surface area contributed by atoms with Crippen LogP contribution in [0.1, 0.15) is 11.3 Å². The Hall–Kier alpha value is -1.85. The molecule has 0 spiro atoms. The van der Waals surface area contributed by atoms with E-state index >= 15 is 0 Å². The lowest BCUT2D eigenvalue weighted by molar-refractivity contribution is -0.115. The van der Waals surface area contributed by atoms with Crippen LogP contribution in [0.15, 0.2) is 30.3 Å². The number of hydrogen-bond donors (Lipinski definition) is 2. The predicted octanol–water partition coefficient (Wildman–Crippen LogP) is 2.31. The number of anilines is 1. The van der Waals surface area contributed by atoms with Crippen LogP contribution in [-0.4, -0.2) is 35.1 Å². The second-order valence-corrected chi connectivity index (χ2v) is 5.30. The Morgan fingerprint density at radius 1 is 1.35 bits per heavy atom. The highest BCUT2D eigenvalue weighted by molar-refractivity contribution is 6.30. The Labute approximate surface area is 122 Å². The zero-order chi connectivity index (χ0) is 14.5. The quantitative estimate of drug-likeness (QED) is 0.889. The van der Waals surface area contributed by atoms with E-state index in [9.17, 15) is 4.79 Å². The number of nitrogens with one attached hydrogen (secondary N) is 2. The zero-order valence-electron chi connectivity index (χ0n) is 11.5. The van der Waals surface area contributed by atoms with Crippen LogP contribution < -0.4 is 5.32 Å². The molecule has 2 N–H and O–H groups in total. The maximum Gasteiger partial charge on any atom is 0.229 e. The third-order valence-electron chi connectivity index (χ3n) is 2.66. The lowest BCUT2D eigenvalue weighted by atomic mass is 10.1. The van der Waals surface area contributed by atoms with Gasteiger partial charge in [-0.1, -0.05) is 23.7 Å². The van der Waals surface area contributed by atoms with E-state index in [0.717, 1.165) is 17.8 Å². The Bertz CT molecular complexity index is 577. The van der Waals surface area contributed by atoms with Crippen molar-refractivity contribution in [3.05, 3.63) is 46.6 Å². The van der Waals surface area contributed by atoms with Crippen LogP contribution in [0.2, 0.25) is 5.02 Å². The minimum absolute atomic E-state index is 0.102. The Kier molecular flexibility index (Phi) is 4.76. The van der Waals surface area contributed by atoms with Gasteiger partial charge in [0.25, 0.3) is 0 Å². The van der Waals surface area contributed by atoms with Crippen molar-refractivity contribution in [2.75, 3.05) is 19.4 Å². The molecule has 0 unspecified atom stereocenters. The molecule has 20 heavy (non-hydrogen) atoms. The average Bonchev–Trinajstić information content (AvgIpc) is 2.78. The predicted molar refractivity (Wildman–Crippen MR) is 79.8 cm³/mol. The van der Waals surface area contributed by atoms with E-state index in [1.165, 1.54) is 0 Å². The van der Waals surface area contributed by atoms with Crippen molar-refractivity contribution in [2.24, 2.45) is 0 Å². The van der Waals surface area contributed by atoms with Crippen molar-refractivity contribution in [3.63, 3.8) is 0 Å². The zero-order valence-corrected chi connectivity index (χ0v) is 12.2. The number of halogens is 1. The summed E-state index contributed by atoms with van der Waals surface area (Å²) >= 11 is 5.80. The summed E-state index contributed by atoms with van der Waals surface area (Å²) < 4.78 is 0. The number of carbonyl (C=O) groups excluding carboxylic acids is 1. The molecule has 1 heterocycles. The molecule has 0 aliphatic carbocycles. The van der Waals surface area contributed by atoms with Crippen molar-refractivity contribution in [1.82, 2.24) is 15.1 Å². The number of aromatic nitrogens is 2. The minimum Gasteiger partial charge on any atom is -0.309 e. The molecule has 0 aliphatic rings. The highest BCUT2D eigenvalue weighted by atomic mass is 35.5. The van der Waals surface area contributed by atoms with Crippen LogP contribution in [-0.2, 0) is 17.8 Å². The first-order chi connectivity index (χ1) is 9.52. The SMILES string of the molecule is CN(C)Cc1cc(NC(=O)Cc2ccc(Cl)cc2)n[nH]1. The van der Waals surface area contributed by atoms with Crippen LogP contribution in [0.4, 0.5) is 5.82 Å². The first-order valence-corrected chi connectivity index (χ1v) is 6.64. The fraction of sp³-hybridized carbons (Fsp3) is 0.286. The topological polar surface area (TPSA) is 61.0 Å². The fourth-order valence-electron chi connectivity index (χ4n) is 1.82. The van der Waals surface area contributed by atoms with Crippen molar-refractivity contribution in [2.45, 2.75) is 13.0 Å². The molecule has 0 bridgehead atoms. The number of aromatic amines is 1. The molecular weight excluding hydrogens is 276 g/mol. The minimum atomic E-state index is -0.102. The number of carbonyl (C=O) groups is 1. The van der Waals surface area contributed by atoms with Crippen molar-refractivity contribution in [3.8, 4) is 0 Å². The molecule has 1 aromatic heterocycles. The lowest BCUT2D eigenvalue weighted by Crippen LogP contribution is -2.14. The van der Waals surface area contributed by atoms with Gasteiger partial charge >= 0.3 is 0 Å². The second kappa shape index (κ2) is 6.54. The normalized spacial score (nSPS) is 10.8. The standard InChI is InChI=1S/C14H17ClN4O/c1-19(2)9-12-8-13(18-17-12)16-14(20)7-10-3-5-11(15)6-4-10/h3-6,8H,7,9H2,1-2H3,(H2,16,17,18,20). The Morgan fingerprint density at radius 2 is 2.05 bits per heavy atom. The van der Waals surface area contributed by atoms with Gasteiger partial charge in [0.1, 0.15) is 0 Å². The van der Waals surface area contributed by atoms with Gasteiger partial charge in [-0.05, 0) is 31.8 Å². The summed E-state index contributed by atoms with van der Waals surface area (Å²) in [5, 5.41) is 10.4. The molecule has 1 aromatic carbocycles. The third kappa shape index (κ3) is 4.36. The van der Waals surface area contributed by atoms with Gasteiger partial charge in [0.15, 0.2) is 5.82 Å². The van der Waals surface area contributed by atoms with Gasteiger partial charge in [0.05, 0.1) is 12.1 Å². The molecule has 1 amide bonds. The monoisotopic (exact) mass is 292 g/mol. The average molecular weight is 293 g/mol. The highest BCUT2D eigenvalue weighted by Gasteiger charge is 2.07. The van der Waals surface area contributed by atoms with E-state index in [0.29, 0.717) is 17.3 Å². The van der Waals surface area contributed by atoms with E-state index in [1.54, 1.807) is 12.1 Å². The Morgan fingerprint density at radius 3 is 2.70 bits per heavy atom. The number of benzene rings is 1. The third-order valence-corrected chi connectivity index (χ3v) is 2.91. The summed E-state index contributed by atoms with van der Waals surface area (Å²) in [6, 6.07) is 9.05. The first-order valence-electron chi connectivity index (χ1n) is 6.26. The van der Waals surface area contributed by atoms with Gasteiger partial charge in [-0.25, -0.2) is 0 Å². The fourth-order valence-corrected chi connectivity index (χ4v) is 1.95. The molecule has 0 saturated heterocycles. The summed E-state index contributed by atoms with van der Waals surface area (Å²) in [5.74, 6) is 0.441. The molecule has 0 saturated carbocycles. The van der Waals surface area contributed by atoms with Crippen molar-refractivity contribution < 1.29 is 4.79 Å². The molecule has 6 heteroatoms. The molecule has 106 valence electrons. The Balaban J connectivity index is 1.91. The van der Waals surface area contributed by atoms with Crippen LogP contribution in [0.25, 0.3) is 0 Å². The van der Waals surface area contributed by atoms with E-state index in [4.69, 9.17) is 11.6 Å². The van der Waals surface area contributed by atoms with Crippen molar-refractivity contribution >= 4 is 23.3 Å². The highest BCUT2D eigenvalue weighted by Crippen LogP contribution is 2.11. The first kappa shape index (κ1) is 14.6. The smallest absolute Gasteiger partial charge is 0.229 e. The maximum absolute atomic E-state index is 11.9. The second-order valence-electron chi connectivity index (χ2n) is 4.87. The molecular formula is C14H17ClN4O. The largest absolute Gasteiger partial charge is 0.309 e. The van der Waals surface area contributed by atoms with Gasteiger partial charge in [0.2, 0.25) is 5.91 Å². The van der Waals surface area contributed by atoms with Gasteiger partial charge in [-0.2, -0.15) is 5.10 Å². The molecule has 0 fully saturated rings. The van der Waals surface area contributed by atoms with Crippen LogP contribution >= 0.6 is 11.6 Å². The summed E-state index contributed by atoms with van der Waals surface area (Å²) in [7, 11) is 3.94. The summed E-state index contributed by atoms with van der Waals surface area (Å²) in [6.45, 7) is 0.750. The number of rotatable bonds is 5. The van der Waals surface area contributed by atoms with E-state index < -0.39 is 0 Å². The maximum atomic E-state index is 11.9. The van der Waals surface area contributed by atoms with E-state index in [1.807, 2.05) is 37.2 Å². The van der Waals surface area contributed by atoms with Crippen molar-refractivity contribution in [1.29, 1.82) is 0 Å². The lowest BCUT2D eigenvalue weighted by Gasteiger charge is -2.05. The number of hydrogen-bond acceptors (Lipinski definition) is 3. The molecule has 2 rings (SSSR count). The summed E-state index contributed by atoms with van der Waals surface area (Å²) in [6.07, 6.45) is 0.299. The van der Waals surface area contributed by atoms with Gasteiger partial charge in [-0.15, -0.1) is 0 Å². The number of amides is 1. The molecule has 2 aromatic rings. The van der Waals surface area contributed by atoms with E-state index in [-0.39, 0.29) is 5.91 Å². The molecule has 0 radical (unpaired) electrons. The number of nitrogens with zero attached hydrogens (tertiary/aromatic N) is 2. The number of H-pyrrole nitrogens is 1. The van der Waals surface area contributed by atoms with Crippen LogP contribution in [0, 0.1) is 0 Å². The molecule has 0 atom stereocenters. The van der Waals surface area contributed by atoms with Crippen LogP contribution in [0.5, 0.6) is 0 Å². The van der Waals surface area contributed by atoms with E-state index in [2.05, 4.69) is 15.5 Å². The molecule has 5 nitrogen and oxygen atoms in total. The van der Waals surface area contributed by atoms with Gasteiger partial charge < -0.3 is 10.2 Å². The van der Waals surface area contributed by atoms with Gasteiger partial charge in [0, 0.05) is 17.6 Å². The summed E-state index contributed by atoms with van der Waals surface area (Å²) in [4.78, 5) is 13.9.